The number of hydrogen-bond donors (Lipinski definition) is 0. The quantitative estimate of drug-likeness (QED) is 0.351. The molecule has 0 atom stereocenters. The molecule has 0 aliphatic rings. The van der Waals surface area contributed by atoms with Gasteiger partial charge in [-0.25, -0.2) is 4.98 Å². The molecule has 4 rings (SSSR count). The van der Waals surface area contributed by atoms with Crippen LogP contribution in [0.1, 0.15) is 17.1 Å². The zero-order chi connectivity index (χ0) is 20.1. The van der Waals surface area contributed by atoms with Crippen molar-refractivity contribution >= 4 is 23.1 Å². The Morgan fingerprint density at radius 2 is 1.93 bits per heavy atom. The maximum absolute atomic E-state index is 5.69. The lowest BCUT2D eigenvalue weighted by Crippen LogP contribution is -1.95. The molecule has 0 saturated carbocycles. The van der Waals surface area contributed by atoms with Crippen molar-refractivity contribution in [2.75, 3.05) is 7.11 Å². The van der Waals surface area contributed by atoms with Gasteiger partial charge in [-0.3, -0.25) is 0 Å². The highest BCUT2D eigenvalue weighted by Gasteiger charge is 2.10. The number of hydrogen-bond acceptors (Lipinski definition) is 8. The number of nitrogens with zero attached hydrogens (tertiary/aromatic N) is 3. The smallest absolute Gasteiger partial charge is 0.277 e. The van der Waals surface area contributed by atoms with E-state index in [1.54, 1.807) is 18.4 Å². The lowest BCUT2D eigenvalue weighted by atomic mass is 10.2. The summed E-state index contributed by atoms with van der Waals surface area (Å²) in [5.74, 6) is 2.73. The molecule has 0 fully saturated rings. The maximum atomic E-state index is 5.69. The Bertz CT molecular complexity index is 1080. The molecule has 0 radical (unpaired) electrons. The van der Waals surface area contributed by atoms with E-state index in [9.17, 15) is 0 Å². The zero-order valence-electron chi connectivity index (χ0n) is 16.0. The van der Waals surface area contributed by atoms with Gasteiger partial charge >= 0.3 is 0 Å². The summed E-state index contributed by atoms with van der Waals surface area (Å²) in [6.45, 7) is 2.27. The molecule has 0 aliphatic carbocycles. The highest BCUT2D eigenvalue weighted by molar-refractivity contribution is 7.98. The fraction of sp³-hybridized carbons (Fsp3) is 0.190. The second kappa shape index (κ2) is 9.11. The van der Waals surface area contributed by atoms with Crippen LogP contribution >= 0.6 is 23.1 Å². The summed E-state index contributed by atoms with van der Waals surface area (Å²) in [6, 6.07) is 15.7. The van der Waals surface area contributed by atoms with Gasteiger partial charge in [0.1, 0.15) is 16.5 Å². The molecule has 0 saturated heterocycles. The van der Waals surface area contributed by atoms with E-state index in [1.165, 1.54) is 11.8 Å². The molecule has 0 unspecified atom stereocenters. The molecule has 0 N–H and O–H groups in total. The van der Waals surface area contributed by atoms with Crippen molar-refractivity contribution in [2.45, 2.75) is 24.5 Å². The van der Waals surface area contributed by atoms with Crippen molar-refractivity contribution in [3.63, 3.8) is 0 Å². The lowest BCUT2D eigenvalue weighted by molar-refractivity contribution is 0.252. The van der Waals surface area contributed by atoms with Gasteiger partial charge in [-0.15, -0.1) is 21.5 Å². The average molecular weight is 426 g/mol. The van der Waals surface area contributed by atoms with Crippen molar-refractivity contribution in [1.82, 2.24) is 15.2 Å². The number of aryl methyl sites for hydroxylation is 1. The van der Waals surface area contributed by atoms with E-state index in [0.29, 0.717) is 16.9 Å². The molecule has 2 aromatic heterocycles. The van der Waals surface area contributed by atoms with E-state index in [-0.39, 0.29) is 6.61 Å². The van der Waals surface area contributed by atoms with Gasteiger partial charge in [0, 0.05) is 16.7 Å². The monoisotopic (exact) mass is 425 g/mol. The van der Waals surface area contributed by atoms with E-state index in [1.807, 2.05) is 60.8 Å². The van der Waals surface area contributed by atoms with E-state index in [2.05, 4.69) is 15.2 Å². The Morgan fingerprint density at radius 3 is 2.72 bits per heavy atom. The van der Waals surface area contributed by atoms with Crippen LogP contribution in [0.5, 0.6) is 11.5 Å². The normalized spacial score (nSPS) is 10.8. The molecular formula is C21H19N3O3S2. The molecule has 2 heterocycles. The minimum atomic E-state index is 0.245. The molecule has 4 aromatic rings. The number of ether oxygens (including phenoxy) is 2. The summed E-state index contributed by atoms with van der Waals surface area (Å²) in [5.41, 5.74) is 3.18. The Balaban J connectivity index is 1.31. The largest absolute Gasteiger partial charge is 0.497 e. The first-order chi connectivity index (χ1) is 14.2. The lowest BCUT2D eigenvalue weighted by Gasteiger charge is -2.03. The van der Waals surface area contributed by atoms with Gasteiger partial charge < -0.3 is 13.9 Å². The van der Waals surface area contributed by atoms with Crippen molar-refractivity contribution in [3.8, 4) is 22.1 Å². The van der Waals surface area contributed by atoms with Crippen LogP contribution < -0.4 is 9.47 Å². The minimum Gasteiger partial charge on any atom is -0.497 e. The van der Waals surface area contributed by atoms with Crippen LogP contribution in [-0.4, -0.2) is 22.3 Å². The Hall–Kier alpha value is -2.84. The van der Waals surface area contributed by atoms with Gasteiger partial charge in [-0.05, 0) is 48.9 Å². The van der Waals surface area contributed by atoms with Gasteiger partial charge in [0.25, 0.3) is 11.1 Å². The van der Waals surface area contributed by atoms with Gasteiger partial charge in [0.15, 0.2) is 6.61 Å². The van der Waals surface area contributed by atoms with E-state index in [4.69, 9.17) is 13.9 Å². The van der Waals surface area contributed by atoms with Gasteiger partial charge in [-0.1, -0.05) is 23.9 Å². The van der Waals surface area contributed by atoms with Crippen LogP contribution in [0.2, 0.25) is 0 Å². The minimum absolute atomic E-state index is 0.245. The second-order valence-corrected chi connectivity index (χ2v) is 8.01. The third kappa shape index (κ3) is 5.16. The molecular weight excluding hydrogens is 406 g/mol. The number of thiazole rings is 1. The second-order valence-electron chi connectivity index (χ2n) is 6.23. The fourth-order valence-corrected chi connectivity index (χ4v) is 4.18. The topological polar surface area (TPSA) is 70.3 Å². The number of aromatic nitrogens is 3. The first-order valence-corrected chi connectivity index (χ1v) is 10.8. The van der Waals surface area contributed by atoms with Gasteiger partial charge in [-0.2, -0.15) is 0 Å². The molecule has 148 valence electrons. The molecule has 6 nitrogen and oxygen atoms in total. The maximum Gasteiger partial charge on any atom is 0.277 e. The first kappa shape index (κ1) is 19.5. The first-order valence-electron chi connectivity index (χ1n) is 8.93. The Labute approximate surface area is 176 Å². The number of benzene rings is 2. The van der Waals surface area contributed by atoms with Crippen LogP contribution in [-0.2, 0) is 12.4 Å². The standard InChI is InChI=1S/C21H19N3O3S2/c1-14-4-3-5-18(10-14)26-11-19-23-24-21(27-19)29-13-16-12-28-20(22-16)15-6-8-17(25-2)9-7-15/h3-10,12H,11,13H2,1-2H3. The molecule has 8 heteroatoms. The predicted molar refractivity (Wildman–Crippen MR) is 113 cm³/mol. The summed E-state index contributed by atoms with van der Waals surface area (Å²) < 4.78 is 16.5. The van der Waals surface area contributed by atoms with E-state index in [0.717, 1.165) is 33.3 Å². The van der Waals surface area contributed by atoms with Crippen LogP contribution in [0.3, 0.4) is 0 Å². The summed E-state index contributed by atoms with van der Waals surface area (Å²) in [7, 11) is 1.66. The average Bonchev–Trinajstić information content (AvgIpc) is 3.40. The van der Waals surface area contributed by atoms with Crippen molar-refractivity contribution in [1.29, 1.82) is 0 Å². The van der Waals surface area contributed by atoms with Gasteiger partial charge in [0.05, 0.1) is 12.8 Å². The van der Waals surface area contributed by atoms with Crippen LogP contribution in [0.25, 0.3) is 10.6 Å². The predicted octanol–water partition coefficient (Wildman–Crippen LogP) is 5.38. The third-order valence-corrected chi connectivity index (χ3v) is 5.82. The summed E-state index contributed by atoms with van der Waals surface area (Å²) in [6.07, 6.45) is 0. The number of thioether (sulfide) groups is 1. The van der Waals surface area contributed by atoms with E-state index >= 15 is 0 Å². The zero-order valence-corrected chi connectivity index (χ0v) is 17.6. The summed E-state index contributed by atoms with van der Waals surface area (Å²) in [4.78, 5) is 4.68. The molecule has 0 bridgehead atoms. The molecule has 2 aromatic carbocycles. The van der Waals surface area contributed by atoms with Gasteiger partial charge in [0.2, 0.25) is 0 Å². The Kier molecular flexibility index (Phi) is 6.12. The molecule has 0 aliphatic heterocycles. The highest BCUT2D eigenvalue weighted by atomic mass is 32.2. The van der Waals surface area contributed by atoms with E-state index < -0.39 is 0 Å². The van der Waals surface area contributed by atoms with Crippen LogP contribution in [0.4, 0.5) is 0 Å². The Morgan fingerprint density at radius 1 is 1.07 bits per heavy atom. The summed E-state index contributed by atoms with van der Waals surface area (Å²) >= 11 is 3.07. The third-order valence-electron chi connectivity index (χ3n) is 4.03. The fourth-order valence-electron chi connectivity index (χ4n) is 2.58. The number of rotatable bonds is 8. The summed E-state index contributed by atoms with van der Waals surface area (Å²) in [5, 5.41) is 11.6. The molecule has 0 amide bonds. The van der Waals surface area contributed by atoms with Crippen molar-refractivity contribution in [2.24, 2.45) is 0 Å². The molecule has 0 spiro atoms. The van der Waals surface area contributed by atoms with Crippen LogP contribution in [0, 0.1) is 6.92 Å². The SMILES string of the molecule is COc1ccc(-c2nc(CSc3nnc(COc4cccc(C)c4)o3)cs2)cc1. The highest BCUT2D eigenvalue weighted by Crippen LogP contribution is 2.28. The molecule has 29 heavy (non-hydrogen) atoms. The van der Waals surface area contributed by atoms with Crippen molar-refractivity contribution in [3.05, 3.63) is 71.1 Å². The van der Waals surface area contributed by atoms with Crippen molar-refractivity contribution < 1.29 is 13.9 Å². The van der Waals surface area contributed by atoms with Crippen LogP contribution in [0.15, 0.2) is 63.6 Å². The number of methoxy groups -OCH3 is 1.